The van der Waals surface area contributed by atoms with Crippen molar-refractivity contribution < 1.29 is 0 Å². The van der Waals surface area contributed by atoms with Crippen LogP contribution in [0.2, 0.25) is 0 Å². The Hall–Kier alpha value is -2.17. The molecule has 0 saturated heterocycles. The Morgan fingerprint density at radius 1 is 1.27 bits per heavy atom. The highest BCUT2D eigenvalue weighted by atomic mass is 16.1. The first-order valence-electron chi connectivity index (χ1n) is 4.36. The van der Waals surface area contributed by atoms with Crippen LogP contribution in [0.3, 0.4) is 0 Å². The van der Waals surface area contributed by atoms with E-state index in [0.29, 0.717) is 5.82 Å². The van der Waals surface area contributed by atoms with E-state index in [1.165, 1.54) is 6.20 Å². The highest BCUT2D eigenvalue weighted by molar-refractivity contribution is 5.34. The number of aromatic amines is 1. The van der Waals surface area contributed by atoms with Gasteiger partial charge in [0.05, 0.1) is 0 Å². The molecule has 0 spiro atoms. The number of hydrogen-bond donors (Lipinski definition) is 2. The van der Waals surface area contributed by atoms with Crippen LogP contribution in [0.5, 0.6) is 0 Å². The summed E-state index contributed by atoms with van der Waals surface area (Å²) in [5, 5.41) is 0. The van der Waals surface area contributed by atoms with Crippen molar-refractivity contribution in [3.63, 3.8) is 0 Å². The van der Waals surface area contributed by atoms with Crippen molar-refractivity contribution in [1.82, 2.24) is 15.0 Å². The third kappa shape index (κ3) is 4.04. The van der Waals surface area contributed by atoms with Gasteiger partial charge in [0.25, 0.3) is 0 Å². The first-order chi connectivity index (χ1) is 7.20. The topological polar surface area (TPSA) is 84.7 Å². The van der Waals surface area contributed by atoms with Gasteiger partial charge in [0.15, 0.2) is 0 Å². The van der Waals surface area contributed by atoms with Crippen LogP contribution in [0, 0.1) is 6.92 Å². The number of rotatable bonds is 0. The SMILES string of the molecule is Cc1cnc(=O)[nH]c1N.c1ccncc1. The van der Waals surface area contributed by atoms with Crippen LogP contribution in [0.1, 0.15) is 5.56 Å². The van der Waals surface area contributed by atoms with Gasteiger partial charge in [-0.25, -0.2) is 9.78 Å². The molecule has 0 aliphatic heterocycles. The van der Waals surface area contributed by atoms with Crippen LogP contribution >= 0.6 is 0 Å². The Morgan fingerprint density at radius 3 is 2.27 bits per heavy atom. The number of nitrogens with two attached hydrogens (primary N) is 1. The molecule has 0 aliphatic rings. The summed E-state index contributed by atoms with van der Waals surface area (Å²) in [6, 6.07) is 5.72. The van der Waals surface area contributed by atoms with Gasteiger partial charge in [-0.05, 0) is 19.1 Å². The smallest absolute Gasteiger partial charge is 0.346 e. The van der Waals surface area contributed by atoms with Crippen molar-refractivity contribution in [2.75, 3.05) is 5.73 Å². The minimum Gasteiger partial charge on any atom is -0.385 e. The van der Waals surface area contributed by atoms with Gasteiger partial charge in [-0.1, -0.05) is 6.07 Å². The van der Waals surface area contributed by atoms with E-state index in [2.05, 4.69) is 15.0 Å². The Balaban J connectivity index is 0.000000162. The molecule has 0 aromatic carbocycles. The molecule has 2 aromatic heterocycles. The predicted molar refractivity (Wildman–Crippen MR) is 58.2 cm³/mol. The van der Waals surface area contributed by atoms with Crippen LogP contribution < -0.4 is 11.4 Å². The summed E-state index contributed by atoms with van der Waals surface area (Å²) in [7, 11) is 0. The lowest BCUT2D eigenvalue weighted by atomic mass is 10.4. The minimum atomic E-state index is -0.405. The molecule has 15 heavy (non-hydrogen) atoms. The predicted octanol–water partition coefficient (Wildman–Crippen LogP) is 0.742. The highest BCUT2D eigenvalue weighted by Crippen LogP contribution is 1.97. The van der Waals surface area contributed by atoms with Crippen LogP contribution in [0.4, 0.5) is 5.82 Å². The van der Waals surface area contributed by atoms with E-state index in [0.717, 1.165) is 5.56 Å². The zero-order chi connectivity index (χ0) is 11.1. The molecule has 2 heterocycles. The van der Waals surface area contributed by atoms with E-state index >= 15 is 0 Å². The number of hydrogen-bond acceptors (Lipinski definition) is 4. The first kappa shape index (κ1) is 10.9. The third-order valence-corrected chi connectivity index (χ3v) is 1.61. The maximum atomic E-state index is 10.4. The van der Waals surface area contributed by atoms with Crippen LogP contribution in [-0.2, 0) is 0 Å². The first-order valence-corrected chi connectivity index (χ1v) is 4.36. The summed E-state index contributed by atoms with van der Waals surface area (Å²) in [4.78, 5) is 20.0. The number of nitrogens with zero attached hydrogens (tertiary/aromatic N) is 2. The fourth-order valence-corrected chi connectivity index (χ4v) is 0.784. The molecule has 0 bridgehead atoms. The highest BCUT2D eigenvalue weighted by Gasteiger charge is 1.90. The maximum absolute atomic E-state index is 10.4. The van der Waals surface area contributed by atoms with E-state index < -0.39 is 5.69 Å². The standard InChI is InChI=1S/C5H7N3O.C5H5N/c1-3-2-7-5(9)8-4(3)6;1-2-4-6-5-3-1/h2H,1H3,(H3,6,7,8,9);1-5H. The lowest BCUT2D eigenvalue weighted by Gasteiger charge is -1.93. The quantitative estimate of drug-likeness (QED) is 0.663. The summed E-state index contributed by atoms with van der Waals surface area (Å²) in [6.45, 7) is 1.78. The molecule has 0 unspecified atom stereocenters. The molecule has 2 aromatic rings. The van der Waals surface area contributed by atoms with Crippen molar-refractivity contribution in [2.45, 2.75) is 6.92 Å². The molecular formula is C10H12N4O. The van der Waals surface area contributed by atoms with E-state index in [-0.39, 0.29) is 0 Å². The van der Waals surface area contributed by atoms with Crippen molar-refractivity contribution in [3.05, 3.63) is 52.8 Å². The van der Waals surface area contributed by atoms with Crippen molar-refractivity contribution in [3.8, 4) is 0 Å². The molecule has 0 fully saturated rings. The fraction of sp³-hybridized carbons (Fsp3) is 0.100. The molecule has 2 rings (SSSR count). The molecule has 0 atom stereocenters. The van der Waals surface area contributed by atoms with Gasteiger partial charge < -0.3 is 5.73 Å². The Labute approximate surface area is 87.0 Å². The number of pyridine rings is 1. The Kier molecular flexibility index (Phi) is 4.03. The van der Waals surface area contributed by atoms with Gasteiger partial charge in [-0.15, -0.1) is 0 Å². The molecule has 3 N–H and O–H groups in total. The number of aryl methyl sites for hydroxylation is 1. The second-order valence-corrected chi connectivity index (χ2v) is 2.81. The monoisotopic (exact) mass is 204 g/mol. The zero-order valence-electron chi connectivity index (χ0n) is 8.34. The number of nitrogen functional groups attached to an aromatic ring is 1. The maximum Gasteiger partial charge on any atom is 0.346 e. The average molecular weight is 204 g/mol. The summed E-state index contributed by atoms with van der Waals surface area (Å²) in [5.74, 6) is 0.384. The molecule has 5 nitrogen and oxygen atoms in total. The van der Waals surface area contributed by atoms with Crippen LogP contribution in [0.15, 0.2) is 41.6 Å². The molecule has 0 saturated carbocycles. The third-order valence-electron chi connectivity index (χ3n) is 1.61. The molecule has 0 aliphatic carbocycles. The number of aromatic nitrogens is 3. The molecular weight excluding hydrogens is 192 g/mol. The van der Waals surface area contributed by atoms with E-state index in [9.17, 15) is 4.79 Å². The lowest BCUT2D eigenvalue weighted by Crippen LogP contribution is -2.12. The second-order valence-electron chi connectivity index (χ2n) is 2.81. The van der Waals surface area contributed by atoms with Crippen molar-refractivity contribution >= 4 is 5.82 Å². The number of nitrogens with one attached hydrogen (secondary N) is 1. The molecule has 5 heteroatoms. The Morgan fingerprint density at radius 2 is 1.93 bits per heavy atom. The number of H-pyrrole nitrogens is 1. The Bertz CT molecular complexity index is 426. The molecule has 0 amide bonds. The summed E-state index contributed by atoms with van der Waals surface area (Å²) < 4.78 is 0. The zero-order valence-corrected chi connectivity index (χ0v) is 8.34. The fourth-order valence-electron chi connectivity index (χ4n) is 0.784. The molecule has 78 valence electrons. The van der Waals surface area contributed by atoms with Gasteiger partial charge in [0.2, 0.25) is 0 Å². The minimum absolute atomic E-state index is 0.384. The van der Waals surface area contributed by atoms with Crippen LogP contribution in [-0.4, -0.2) is 15.0 Å². The number of anilines is 1. The van der Waals surface area contributed by atoms with E-state index in [4.69, 9.17) is 5.73 Å². The van der Waals surface area contributed by atoms with E-state index in [1.54, 1.807) is 19.3 Å². The van der Waals surface area contributed by atoms with Gasteiger partial charge in [0.1, 0.15) is 5.82 Å². The van der Waals surface area contributed by atoms with Gasteiger partial charge >= 0.3 is 5.69 Å². The van der Waals surface area contributed by atoms with Gasteiger partial charge in [0, 0.05) is 24.2 Å². The summed E-state index contributed by atoms with van der Waals surface area (Å²) >= 11 is 0. The van der Waals surface area contributed by atoms with Gasteiger partial charge in [-0.3, -0.25) is 9.97 Å². The largest absolute Gasteiger partial charge is 0.385 e. The van der Waals surface area contributed by atoms with Crippen LogP contribution in [0.25, 0.3) is 0 Å². The normalized spacial score (nSPS) is 8.87. The summed E-state index contributed by atoms with van der Waals surface area (Å²) in [5.41, 5.74) is 5.71. The summed E-state index contributed by atoms with van der Waals surface area (Å²) in [6.07, 6.45) is 4.94. The van der Waals surface area contributed by atoms with Crippen molar-refractivity contribution in [1.29, 1.82) is 0 Å². The van der Waals surface area contributed by atoms with Crippen molar-refractivity contribution in [2.24, 2.45) is 0 Å². The average Bonchev–Trinajstić information content (AvgIpc) is 2.27. The van der Waals surface area contributed by atoms with E-state index in [1.807, 2.05) is 18.2 Å². The van der Waals surface area contributed by atoms with Gasteiger partial charge in [-0.2, -0.15) is 0 Å². The second kappa shape index (κ2) is 5.54. The lowest BCUT2D eigenvalue weighted by molar-refractivity contribution is 1.06. The molecule has 0 radical (unpaired) electrons.